The third kappa shape index (κ3) is 5.39. The number of rotatable bonds is 6. The highest BCUT2D eigenvalue weighted by Gasteiger charge is 2.14. The quantitative estimate of drug-likeness (QED) is 0.566. The van der Waals surface area contributed by atoms with Crippen molar-refractivity contribution in [3.8, 4) is 17.0 Å². The van der Waals surface area contributed by atoms with Gasteiger partial charge in [-0.1, -0.05) is 41.9 Å². The first-order valence-electron chi connectivity index (χ1n) is 9.10. The number of carbonyl (C=O) groups is 1. The molecule has 1 amide bonds. The molecule has 0 aliphatic rings. The van der Waals surface area contributed by atoms with Crippen molar-refractivity contribution in [3.05, 3.63) is 70.5 Å². The molecule has 0 radical (unpaired) electrons. The van der Waals surface area contributed by atoms with Crippen LogP contribution in [0.15, 0.2) is 59.2 Å². The van der Waals surface area contributed by atoms with Crippen LogP contribution >= 0.6 is 15.9 Å². The maximum atomic E-state index is 12.5. The third-order valence-electron chi connectivity index (χ3n) is 4.15. The number of phenols is 1. The van der Waals surface area contributed by atoms with Crippen LogP contribution < -0.4 is 5.32 Å². The van der Waals surface area contributed by atoms with E-state index in [1.54, 1.807) is 30.5 Å². The van der Waals surface area contributed by atoms with Crippen molar-refractivity contribution in [2.75, 3.05) is 5.32 Å². The van der Waals surface area contributed by atoms with Gasteiger partial charge in [-0.3, -0.25) is 4.79 Å². The molecule has 0 aliphatic heterocycles. The number of aromatic hydroxyl groups is 1. The number of benzene rings is 2. The van der Waals surface area contributed by atoms with Gasteiger partial charge in [0.15, 0.2) is 5.82 Å². The maximum absolute atomic E-state index is 12.5. The van der Waals surface area contributed by atoms with E-state index in [4.69, 9.17) is 4.98 Å². The summed E-state index contributed by atoms with van der Waals surface area (Å²) in [5, 5.41) is 12.4. The minimum absolute atomic E-state index is 0.126. The van der Waals surface area contributed by atoms with Crippen molar-refractivity contribution in [1.29, 1.82) is 0 Å². The van der Waals surface area contributed by atoms with Gasteiger partial charge in [-0.2, -0.15) is 0 Å². The first kappa shape index (κ1) is 20.0. The molecule has 0 spiro atoms. The lowest BCUT2D eigenvalue weighted by molar-refractivity contribution is -0.115. The fourth-order valence-corrected chi connectivity index (χ4v) is 3.06. The monoisotopic (exact) mass is 439 g/mol. The van der Waals surface area contributed by atoms with Crippen LogP contribution in [0.4, 0.5) is 5.82 Å². The highest BCUT2D eigenvalue weighted by Crippen LogP contribution is 2.23. The van der Waals surface area contributed by atoms with E-state index in [0.717, 1.165) is 21.3 Å². The number of halogens is 1. The molecule has 28 heavy (non-hydrogen) atoms. The van der Waals surface area contributed by atoms with Gasteiger partial charge in [0, 0.05) is 10.0 Å². The molecule has 3 rings (SSSR count). The zero-order valence-electron chi connectivity index (χ0n) is 15.8. The number of phenolic OH excluding ortho intramolecular Hbond substituents is 1. The van der Waals surface area contributed by atoms with Gasteiger partial charge in [-0.15, -0.1) is 0 Å². The third-order valence-corrected chi connectivity index (χ3v) is 4.67. The number of amides is 1. The highest BCUT2D eigenvalue weighted by molar-refractivity contribution is 9.10. The number of aromatic nitrogens is 2. The zero-order chi connectivity index (χ0) is 20.1. The summed E-state index contributed by atoms with van der Waals surface area (Å²) in [6.07, 6.45) is 2.62. The van der Waals surface area contributed by atoms with Gasteiger partial charge in [0.1, 0.15) is 5.75 Å². The van der Waals surface area contributed by atoms with Crippen LogP contribution in [0.2, 0.25) is 0 Å². The van der Waals surface area contributed by atoms with Gasteiger partial charge < -0.3 is 10.4 Å². The van der Waals surface area contributed by atoms with Crippen molar-refractivity contribution in [3.63, 3.8) is 0 Å². The van der Waals surface area contributed by atoms with Crippen LogP contribution in [0.5, 0.6) is 5.75 Å². The van der Waals surface area contributed by atoms with Gasteiger partial charge in [0.2, 0.25) is 5.91 Å². The molecular weight excluding hydrogens is 418 g/mol. The Labute approximate surface area is 173 Å². The molecule has 0 bridgehead atoms. The Morgan fingerprint density at radius 2 is 1.79 bits per heavy atom. The minimum atomic E-state index is -0.126. The fourth-order valence-electron chi connectivity index (χ4n) is 2.80. The fraction of sp³-hybridized carbons (Fsp3) is 0.227. The summed E-state index contributed by atoms with van der Waals surface area (Å²) < 4.78 is 0.978. The van der Waals surface area contributed by atoms with Crippen LogP contribution in [-0.2, 0) is 17.6 Å². The highest BCUT2D eigenvalue weighted by atomic mass is 79.9. The standard InChI is InChI=1S/C22H22BrN3O2/c1-14(2)11-19-22(26-21(28)12-15-3-7-17(23)8-4-15)24-13-20(25-19)16-5-9-18(27)10-6-16/h3-10,13-14,27H,11-12H2,1-2H3,(H,24,26,28). The van der Waals surface area contributed by atoms with Crippen LogP contribution in [0.25, 0.3) is 11.3 Å². The number of hydrogen-bond acceptors (Lipinski definition) is 4. The molecule has 2 aromatic carbocycles. The van der Waals surface area contributed by atoms with Gasteiger partial charge in [-0.25, -0.2) is 9.97 Å². The molecule has 0 atom stereocenters. The summed E-state index contributed by atoms with van der Waals surface area (Å²) >= 11 is 3.40. The number of anilines is 1. The normalized spacial score (nSPS) is 10.9. The smallest absolute Gasteiger partial charge is 0.229 e. The zero-order valence-corrected chi connectivity index (χ0v) is 17.4. The summed E-state index contributed by atoms with van der Waals surface area (Å²) in [6.45, 7) is 4.20. The average molecular weight is 440 g/mol. The minimum Gasteiger partial charge on any atom is -0.508 e. The van der Waals surface area contributed by atoms with Crippen LogP contribution in [0.1, 0.15) is 25.1 Å². The van der Waals surface area contributed by atoms with E-state index in [-0.39, 0.29) is 18.1 Å². The summed E-state index contributed by atoms with van der Waals surface area (Å²) in [7, 11) is 0. The molecule has 1 aromatic heterocycles. The molecule has 2 N–H and O–H groups in total. The van der Waals surface area contributed by atoms with Gasteiger partial charge in [-0.05, 0) is 54.3 Å². The molecule has 5 nitrogen and oxygen atoms in total. The first-order chi connectivity index (χ1) is 13.4. The Kier molecular flexibility index (Phi) is 6.41. The molecule has 3 aromatic rings. The van der Waals surface area contributed by atoms with E-state index in [1.165, 1.54) is 0 Å². The summed E-state index contributed by atoms with van der Waals surface area (Å²) in [5.74, 6) is 0.944. The second kappa shape index (κ2) is 8.97. The second-order valence-corrected chi connectivity index (χ2v) is 7.96. The van der Waals surface area contributed by atoms with E-state index in [1.807, 2.05) is 24.3 Å². The average Bonchev–Trinajstić information content (AvgIpc) is 2.65. The molecule has 0 saturated carbocycles. The molecule has 0 fully saturated rings. The number of nitrogens with zero attached hydrogens (tertiary/aromatic N) is 2. The van der Waals surface area contributed by atoms with Crippen molar-refractivity contribution in [2.45, 2.75) is 26.7 Å². The van der Waals surface area contributed by atoms with Gasteiger partial charge >= 0.3 is 0 Å². The van der Waals surface area contributed by atoms with Crippen molar-refractivity contribution in [1.82, 2.24) is 9.97 Å². The number of hydrogen-bond donors (Lipinski definition) is 2. The van der Waals surface area contributed by atoms with Crippen molar-refractivity contribution >= 4 is 27.7 Å². The molecule has 6 heteroatoms. The maximum Gasteiger partial charge on any atom is 0.229 e. The van der Waals surface area contributed by atoms with Gasteiger partial charge in [0.05, 0.1) is 24.0 Å². The second-order valence-electron chi connectivity index (χ2n) is 7.05. The summed E-state index contributed by atoms with van der Waals surface area (Å²) in [6, 6.07) is 14.5. The van der Waals surface area contributed by atoms with Crippen LogP contribution in [-0.4, -0.2) is 21.0 Å². The van der Waals surface area contributed by atoms with E-state index in [2.05, 4.69) is 40.1 Å². The Hall–Kier alpha value is -2.73. The lowest BCUT2D eigenvalue weighted by atomic mass is 10.1. The van der Waals surface area contributed by atoms with E-state index in [9.17, 15) is 9.90 Å². The molecule has 1 heterocycles. The Bertz CT molecular complexity index is 955. The van der Waals surface area contributed by atoms with E-state index in [0.29, 0.717) is 23.9 Å². The number of carbonyl (C=O) groups excluding carboxylic acids is 1. The van der Waals surface area contributed by atoms with E-state index < -0.39 is 0 Å². The van der Waals surface area contributed by atoms with Crippen molar-refractivity contribution in [2.24, 2.45) is 5.92 Å². The molecular formula is C22H22BrN3O2. The molecule has 0 unspecified atom stereocenters. The lowest BCUT2D eigenvalue weighted by Crippen LogP contribution is -2.18. The molecule has 144 valence electrons. The molecule has 0 aliphatic carbocycles. The first-order valence-corrected chi connectivity index (χ1v) is 9.89. The Morgan fingerprint density at radius 3 is 2.43 bits per heavy atom. The number of nitrogens with one attached hydrogen (secondary N) is 1. The summed E-state index contributed by atoms with van der Waals surface area (Å²) in [5.41, 5.74) is 3.26. The van der Waals surface area contributed by atoms with Crippen LogP contribution in [0, 0.1) is 5.92 Å². The SMILES string of the molecule is CC(C)Cc1nc(-c2ccc(O)cc2)cnc1NC(=O)Cc1ccc(Br)cc1. The Morgan fingerprint density at radius 1 is 1.11 bits per heavy atom. The predicted molar refractivity (Wildman–Crippen MR) is 114 cm³/mol. The van der Waals surface area contributed by atoms with E-state index >= 15 is 0 Å². The largest absolute Gasteiger partial charge is 0.508 e. The lowest BCUT2D eigenvalue weighted by Gasteiger charge is -2.13. The van der Waals surface area contributed by atoms with Crippen LogP contribution in [0.3, 0.4) is 0 Å². The van der Waals surface area contributed by atoms with Crippen molar-refractivity contribution < 1.29 is 9.90 Å². The Balaban J connectivity index is 1.81. The summed E-state index contributed by atoms with van der Waals surface area (Å²) in [4.78, 5) is 21.7. The topological polar surface area (TPSA) is 75.1 Å². The molecule has 0 saturated heterocycles. The van der Waals surface area contributed by atoms with Gasteiger partial charge in [0.25, 0.3) is 0 Å². The predicted octanol–water partition coefficient (Wildman–Crippen LogP) is 4.99.